The molecule has 0 aliphatic carbocycles. The second kappa shape index (κ2) is 5.53. The van der Waals surface area contributed by atoms with Gasteiger partial charge in [-0.05, 0) is 23.1 Å². The fraction of sp³-hybridized carbons (Fsp3) is 0.357. The topological polar surface area (TPSA) is 49.3 Å². The Morgan fingerprint density at radius 3 is 2.35 bits per heavy atom. The summed E-state index contributed by atoms with van der Waals surface area (Å²) in [6.45, 7) is 7.03. The van der Waals surface area contributed by atoms with Crippen LogP contribution >= 0.6 is 0 Å². The van der Waals surface area contributed by atoms with Crippen molar-refractivity contribution in [2.75, 3.05) is 11.9 Å². The number of rotatable bonds is 4. The Morgan fingerprint density at radius 2 is 1.88 bits per heavy atom. The first-order valence-corrected chi connectivity index (χ1v) is 5.63. The smallest absolute Gasteiger partial charge is 0.328 e. The van der Waals surface area contributed by atoms with Gasteiger partial charge in [0.2, 0.25) is 0 Å². The molecular formula is C14H19NO2. The molecule has 0 unspecified atom stereocenters. The lowest BCUT2D eigenvalue weighted by Crippen LogP contribution is -2.10. The first kappa shape index (κ1) is 13.3. The highest BCUT2D eigenvalue weighted by Crippen LogP contribution is 2.23. The van der Waals surface area contributed by atoms with Gasteiger partial charge in [-0.25, -0.2) is 4.79 Å². The maximum Gasteiger partial charge on any atom is 0.328 e. The van der Waals surface area contributed by atoms with Gasteiger partial charge in [0.15, 0.2) is 0 Å². The molecular weight excluding hydrogens is 214 g/mol. The fourth-order valence-corrected chi connectivity index (χ4v) is 1.42. The lowest BCUT2D eigenvalue weighted by Gasteiger charge is -2.19. The molecule has 0 radical (unpaired) electrons. The summed E-state index contributed by atoms with van der Waals surface area (Å²) >= 11 is 0. The number of hydrogen-bond donors (Lipinski definition) is 2. The third-order valence-electron chi connectivity index (χ3n) is 2.44. The van der Waals surface area contributed by atoms with Crippen LogP contribution in [0.2, 0.25) is 0 Å². The summed E-state index contributed by atoms with van der Waals surface area (Å²) in [5, 5.41) is 11.6. The number of carboxylic acids is 1. The van der Waals surface area contributed by atoms with E-state index in [-0.39, 0.29) is 5.41 Å². The molecule has 2 N–H and O–H groups in total. The molecule has 0 atom stereocenters. The summed E-state index contributed by atoms with van der Waals surface area (Å²) in [5.41, 5.74) is 2.43. The Hall–Kier alpha value is -1.77. The Bertz CT molecular complexity index is 399. The van der Waals surface area contributed by atoms with Gasteiger partial charge < -0.3 is 10.4 Å². The van der Waals surface area contributed by atoms with Gasteiger partial charge in [0.1, 0.15) is 0 Å². The van der Waals surface area contributed by atoms with Gasteiger partial charge in [0.05, 0.1) is 0 Å². The van der Waals surface area contributed by atoms with E-state index in [1.165, 1.54) is 5.56 Å². The number of aliphatic carboxylic acids is 1. The van der Waals surface area contributed by atoms with Gasteiger partial charge in [-0.1, -0.05) is 39.0 Å². The largest absolute Gasteiger partial charge is 0.478 e. The lowest BCUT2D eigenvalue weighted by molar-refractivity contribution is -0.131. The summed E-state index contributed by atoms with van der Waals surface area (Å²) in [4.78, 5) is 10.3. The van der Waals surface area contributed by atoms with Crippen molar-refractivity contribution in [1.82, 2.24) is 0 Å². The Morgan fingerprint density at radius 1 is 1.29 bits per heavy atom. The first-order valence-electron chi connectivity index (χ1n) is 5.63. The Labute approximate surface area is 102 Å². The zero-order chi connectivity index (χ0) is 12.9. The maximum absolute atomic E-state index is 10.3. The van der Waals surface area contributed by atoms with Crippen LogP contribution in [0.4, 0.5) is 5.69 Å². The van der Waals surface area contributed by atoms with E-state index in [1.54, 1.807) is 6.08 Å². The molecule has 0 saturated carbocycles. The molecule has 3 heteroatoms. The van der Waals surface area contributed by atoms with E-state index in [0.717, 1.165) is 11.8 Å². The first-order chi connectivity index (χ1) is 7.89. The van der Waals surface area contributed by atoms with Gasteiger partial charge in [-0.2, -0.15) is 0 Å². The normalized spacial score (nSPS) is 11.7. The van der Waals surface area contributed by atoms with E-state index >= 15 is 0 Å². The molecule has 17 heavy (non-hydrogen) atoms. The SMILES string of the molecule is CC(C)(C)c1ccc(NC/C=C/C(=O)O)cc1. The lowest BCUT2D eigenvalue weighted by atomic mass is 9.87. The summed E-state index contributed by atoms with van der Waals surface area (Å²) in [7, 11) is 0. The second-order valence-corrected chi connectivity index (χ2v) is 4.95. The van der Waals surface area contributed by atoms with Gasteiger partial charge in [-0.15, -0.1) is 0 Å². The number of anilines is 1. The van der Waals surface area contributed by atoms with E-state index < -0.39 is 5.97 Å². The standard InChI is InChI=1S/C14H19NO2/c1-14(2,3)11-6-8-12(9-7-11)15-10-4-5-13(16)17/h4-9,15H,10H2,1-3H3,(H,16,17)/b5-4+. The van der Waals surface area contributed by atoms with Crippen LogP contribution in [-0.4, -0.2) is 17.6 Å². The summed E-state index contributed by atoms with van der Waals surface area (Å²) in [6, 6.07) is 8.19. The quantitative estimate of drug-likeness (QED) is 0.786. The highest BCUT2D eigenvalue weighted by molar-refractivity contribution is 5.79. The van der Waals surface area contributed by atoms with Crippen LogP contribution in [0.15, 0.2) is 36.4 Å². The third kappa shape index (κ3) is 4.72. The molecule has 0 fully saturated rings. The van der Waals surface area contributed by atoms with Crippen molar-refractivity contribution in [2.24, 2.45) is 0 Å². The molecule has 0 spiro atoms. The number of benzene rings is 1. The van der Waals surface area contributed by atoms with Crippen LogP contribution in [0, 0.1) is 0 Å². The van der Waals surface area contributed by atoms with Crippen LogP contribution < -0.4 is 5.32 Å². The molecule has 92 valence electrons. The Kier molecular flexibility index (Phi) is 4.32. The van der Waals surface area contributed by atoms with Crippen molar-refractivity contribution in [3.05, 3.63) is 42.0 Å². The van der Waals surface area contributed by atoms with Gasteiger partial charge in [0, 0.05) is 18.3 Å². The molecule has 0 saturated heterocycles. The fourth-order valence-electron chi connectivity index (χ4n) is 1.42. The Balaban J connectivity index is 2.55. The molecule has 3 nitrogen and oxygen atoms in total. The van der Waals surface area contributed by atoms with Crippen LogP contribution in [0.1, 0.15) is 26.3 Å². The van der Waals surface area contributed by atoms with Crippen LogP contribution in [-0.2, 0) is 10.2 Å². The summed E-state index contributed by atoms with van der Waals surface area (Å²) in [6.07, 6.45) is 2.72. The van der Waals surface area contributed by atoms with E-state index in [2.05, 4.69) is 38.2 Å². The molecule has 1 rings (SSSR count). The second-order valence-electron chi connectivity index (χ2n) is 4.95. The van der Waals surface area contributed by atoms with Gasteiger partial charge >= 0.3 is 5.97 Å². The van der Waals surface area contributed by atoms with Crippen molar-refractivity contribution in [2.45, 2.75) is 26.2 Å². The van der Waals surface area contributed by atoms with E-state index in [4.69, 9.17) is 5.11 Å². The summed E-state index contributed by atoms with van der Waals surface area (Å²) in [5.74, 6) is -0.921. The molecule has 0 aliphatic heterocycles. The zero-order valence-electron chi connectivity index (χ0n) is 10.5. The third-order valence-corrected chi connectivity index (χ3v) is 2.44. The molecule has 0 heterocycles. The predicted molar refractivity (Wildman–Crippen MR) is 70.4 cm³/mol. The molecule has 0 bridgehead atoms. The minimum absolute atomic E-state index is 0.155. The number of carboxylic acid groups (broad SMARTS) is 1. The average molecular weight is 233 g/mol. The average Bonchev–Trinajstić information content (AvgIpc) is 2.23. The highest BCUT2D eigenvalue weighted by atomic mass is 16.4. The van der Waals surface area contributed by atoms with E-state index in [0.29, 0.717) is 6.54 Å². The van der Waals surface area contributed by atoms with Crippen molar-refractivity contribution < 1.29 is 9.90 Å². The number of hydrogen-bond acceptors (Lipinski definition) is 2. The predicted octanol–water partition coefficient (Wildman–Crippen LogP) is 3.04. The van der Waals surface area contributed by atoms with Crippen molar-refractivity contribution in [1.29, 1.82) is 0 Å². The summed E-state index contributed by atoms with van der Waals surface area (Å²) < 4.78 is 0. The highest BCUT2D eigenvalue weighted by Gasteiger charge is 2.12. The monoisotopic (exact) mass is 233 g/mol. The van der Waals surface area contributed by atoms with Gasteiger partial charge in [-0.3, -0.25) is 0 Å². The minimum atomic E-state index is -0.921. The van der Waals surface area contributed by atoms with Crippen molar-refractivity contribution in [3.8, 4) is 0 Å². The van der Waals surface area contributed by atoms with Gasteiger partial charge in [0.25, 0.3) is 0 Å². The van der Waals surface area contributed by atoms with Crippen LogP contribution in [0.3, 0.4) is 0 Å². The van der Waals surface area contributed by atoms with E-state index in [9.17, 15) is 4.79 Å². The van der Waals surface area contributed by atoms with Crippen LogP contribution in [0.5, 0.6) is 0 Å². The number of carbonyl (C=O) groups is 1. The molecule has 0 amide bonds. The minimum Gasteiger partial charge on any atom is -0.478 e. The van der Waals surface area contributed by atoms with Crippen molar-refractivity contribution in [3.63, 3.8) is 0 Å². The molecule has 1 aromatic rings. The zero-order valence-corrected chi connectivity index (χ0v) is 10.5. The van der Waals surface area contributed by atoms with E-state index in [1.807, 2.05) is 12.1 Å². The molecule has 1 aromatic carbocycles. The molecule has 0 aromatic heterocycles. The van der Waals surface area contributed by atoms with Crippen LogP contribution in [0.25, 0.3) is 0 Å². The number of nitrogens with one attached hydrogen (secondary N) is 1. The maximum atomic E-state index is 10.3. The molecule has 0 aliphatic rings. The van der Waals surface area contributed by atoms with Crippen molar-refractivity contribution >= 4 is 11.7 Å².